The molecule has 2 amide bonds. The van der Waals surface area contributed by atoms with Crippen molar-refractivity contribution in [2.45, 2.75) is 51.6 Å². The van der Waals surface area contributed by atoms with Gasteiger partial charge in [0, 0.05) is 26.7 Å². The van der Waals surface area contributed by atoms with Crippen LogP contribution < -0.4 is 10.6 Å². The van der Waals surface area contributed by atoms with Crippen LogP contribution in [0.2, 0.25) is 0 Å². The number of rotatable bonds is 10. The largest absolute Gasteiger partial charge is 0.463 e. The topological polar surface area (TPSA) is 158 Å². The van der Waals surface area contributed by atoms with E-state index in [1.165, 1.54) is 0 Å². The Morgan fingerprint density at radius 1 is 0.812 bits per heavy atom. The van der Waals surface area contributed by atoms with E-state index in [1.807, 2.05) is 12.1 Å². The summed E-state index contributed by atoms with van der Waals surface area (Å²) in [5.41, 5.74) is -3.26. The average Bonchev–Trinajstić information content (AvgIpc) is 2.73. The molecule has 32 heavy (non-hydrogen) atoms. The maximum Gasteiger partial charge on any atom is 0.347 e. The minimum absolute atomic E-state index is 0.00751. The molecule has 2 unspecified atom stereocenters. The number of nitrogens with one attached hydrogen (secondary N) is 2. The second-order valence-electron chi connectivity index (χ2n) is 6.96. The van der Waals surface area contributed by atoms with Crippen molar-refractivity contribution >= 4 is 23.8 Å². The van der Waals surface area contributed by atoms with Gasteiger partial charge in [-0.2, -0.15) is 10.5 Å². The molecule has 0 aliphatic rings. The Balaban J connectivity index is 3.52. The fourth-order valence-corrected chi connectivity index (χ4v) is 3.14. The highest BCUT2D eigenvalue weighted by Gasteiger charge is 2.45. The van der Waals surface area contributed by atoms with Gasteiger partial charge in [0.05, 0.1) is 13.2 Å². The fourth-order valence-electron chi connectivity index (χ4n) is 3.14. The van der Waals surface area contributed by atoms with Crippen molar-refractivity contribution in [1.29, 1.82) is 10.5 Å². The Labute approximate surface area is 186 Å². The second-order valence-corrected chi connectivity index (χ2v) is 6.96. The molecule has 0 fully saturated rings. The lowest BCUT2D eigenvalue weighted by molar-refractivity contribution is -0.151. The molecule has 2 atom stereocenters. The predicted octanol–water partition coefficient (Wildman–Crippen LogP) is 0.695. The standard InChI is InChI=1S/C22H26N4O6/c1-5-31-19(29)21(13-23,25-15(3)27)11-17-9-7-8-10-18(17)12-22(14-24,26-16(4)28)20(30)32-6-2/h7-10H,5-6,11-12H2,1-4H3,(H,25,27)(H,26,28). The van der Waals surface area contributed by atoms with Crippen LogP contribution in [0.3, 0.4) is 0 Å². The lowest BCUT2D eigenvalue weighted by Gasteiger charge is -2.28. The SMILES string of the molecule is CCOC(=O)C(C#N)(Cc1ccccc1CC(C#N)(NC(C)=O)C(=O)OCC)NC(C)=O. The Morgan fingerprint density at radius 2 is 1.16 bits per heavy atom. The number of carbonyl (C=O) groups is 4. The van der Waals surface area contributed by atoms with Gasteiger partial charge in [0.1, 0.15) is 12.1 Å². The van der Waals surface area contributed by atoms with Crippen LogP contribution in [0.1, 0.15) is 38.8 Å². The number of carbonyl (C=O) groups excluding carboxylic acids is 4. The Morgan fingerprint density at radius 3 is 1.41 bits per heavy atom. The van der Waals surface area contributed by atoms with Crippen molar-refractivity contribution in [2.24, 2.45) is 0 Å². The molecule has 0 aromatic heterocycles. The molecule has 2 N–H and O–H groups in total. The van der Waals surface area contributed by atoms with E-state index in [9.17, 15) is 29.7 Å². The van der Waals surface area contributed by atoms with Crippen LogP contribution in [0.25, 0.3) is 0 Å². The molecule has 170 valence electrons. The summed E-state index contributed by atoms with van der Waals surface area (Å²) >= 11 is 0. The highest BCUT2D eigenvalue weighted by atomic mass is 16.5. The fraction of sp³-hybridized carbons (Fsp3) is 0.455. The number of ether oxygens (including phenoxy) is 2. The zero-order valence-corrected chi connectivity index (χ0v) is 18.5. The summed E-state index contributed by atoms with van der Waals surface area (Å²) in [6.45, 7) is 5.44. The molecule has 0 heterocycles. The lowest BCUT2D eigenvalue weighted by atomic mass is 9.84. The highest BCUT2D eigenvalue weighted by molar-refractivity contribution is 5.91. The molecule has 0 saturated heterocycles. The molecular formula is C22H26N4O6. The third-order valence-electron chi connectivity index (χ3n) is 4.44. The Kier molecular flexibility index (Phi) is 9.36. The van der Waals surface area contributed by atoms with Crippen LogP contribution in [0.15, 0.2) is 24.3 Å². The monoisotopic (exact) mass is 442 g/mol. The van der Waals surface area contributed by atoms with E-state index in [4.69, 9.17) is 9.47 Å². The summed E-state index contributed by atoms with van der Waals surface area (Å²) in [5, 5.41) is 24.3. The van der Waals surface area contributed by atoms with E-state index in [2.05, 4.69) is 10.6 Å². The van der Waals surface area contributed by atoms with Crippen molar-refractivity contribution in [2.75, 3.05) is 13.2 Å². The summed E-state index contributed by atoms with van der Waals surface area (Å²) in [5.74, 6) is -3.11. The molecule has 0 bridgehead atoms. The van der Waals surface area contributed by atoms with Gasteiger partial charge in [-0.1, -0.05) is 24.3 Å². The summed E-state index contributed by atoms with van der Waals surface area (Å²) in [6, 6.07) is 10.1. The zero-order chi connectivity index (χ0) is 24.4. The van der Waals surface area contributed by atoms with E-state index >= 15 is 0 Å². The first-order chi connectivity index (χ1) is 15.1. The van der Waals surface area contributed by atoms with Gasteiger partial charge in [-0.3, -0.25) is 9.59 Å². The van der Waals surface area contributed by atoms with Crippen LogP contribution in [0.4, 0.5) is 0 Å². The molecule has 10 nitrogen and oxygen atoms in total. The first-order valence-electron chi connectivity index (χ1n) is 9.91. The summed E-state index contributed by atoms with van der Waals surface area (Å²) in [4.78, 5) is 48.6. The molecular weight excluding hydrogens is 416 g/mol. The van der Waals surface area contributed by atoms with Gasteiger partial charge in [0.25, 0.3) is 0 Å². The molecule has 1 aromatic carbocycles. The van der Waals surface area contributed by atoms with E-state index < -0.39 is 34.8 Å². The predicted molar refractivity (Wildman–Crippen MR) is 111 cm³/mol. The third kappa shape index (κ3) is 6.29. The zero-order valence-electron chi connectivity index (χ0n) is 18.5. The molecule has 1 rings (SSSR count). The minimum Gasteiger partial charge on any atom is -0.463 e. The van der Waals surface area contributed by atoms with Gasteiger partial charge in [-0.05, 0) is 25.0 Å². The van der Waals surface area contributed by atoms with Gasteiger partial charge in [-0.25, -0.2) is 9.59 Å². The first-order valence-corrected chi connectivity index (χ1v) is 9.91. The van der Waals surface area contributed by atoms with Crippen LogP contribution in [-0.2, 0) is 41.5 Å². The average molecular weight is 442 g/mol. The van der Waals surface area contributed by atoms with Crippen LogP contribution in [0.5, 0.6) is 0 Å². The maximum absolute atomic E-state index is 12.6. The molecule has 1 aromatic rings. The Hall–Kier alpha value is -3.92. The summed E-state index contributed by atoms with van der Waals surface area (Å²) in [6.07, 6.45) is -0.578. The number of nitriles is 2. The molecule has 10 heteroatoms. The first kappa shape index (κ1) is 26.1. The smallest absolute Gasteiger partial charge is 0.347 e. The van der Waals surface area contributed by atoms with Gasteiger partial charge in [-0.15, -0.1) is 0 Å². The molecule has 0 aliphatic heterocycles. The van der Waals surface area contributed by atoms with E-state index in [0.717, 1.165) is 13.8 Å². The van der Waals surface area contributed by atoms with Gasteiger partial charge < -0.3 is 20.1 Å². The Bertz CT molecular complexity index is 887. The van der Waals surface area contributed by atoms with Crippen molar-refractivity contribution in [3.63, 3.8) is 0 Å². The summed E-state index contributed by atoms with van der Waals surface area (Å²) in [7, 11) is 0. The second kappa shape index (κ2) is 11.5. The number of esters is 2. The van der Waals surface area contributed by atoms with Crippen LogP contribution >= 0.6 is 0 Å². The maximum atomic E-state index is 12.6. The number of hydrogen-bond acceptors (Lipinski definition) is 8. The lowest BCUT2D eigenvalue weighted by Crippen LogP contribution is -2.56. The van der Waals surface area contributed by atoms with Crippen LogP contribution in [0, 0.1) is 22.7 Å². The molecule has 0 spiro atoms. The quantitative estimate of drug-likeness (QED) is 0.501. The van der Waals surface area contributed by atoms with Crippen molar-refractivity contribution in [3.05, 3.63) is 35.4 Å². The third-order valence-corrected chi connectivity index (χ3v) is 4.44. The number of hydrogen-bond donors (Lipinski definition) is 2. The normalized spacial score (nSPS) is 13.8. The molecule has 0 radical (unpaired) electrons. The van der Waals surface area contributed by atoms with E-state index in [0.29, 0.717) is 11.1 Å². The molecule has 0 aliphatic carbocycles. The van der Waals surface area contributed by atoms with Gasteiger partial charge >= 0.3 is 11.9 Å². The van der Waals surface area contributed by atoms with Crippen molar-refractivity contribution in [3.8, 4) is 12.1 Å². The minimum atomic E-state index is -2.02. The highest BCUT2D eigenvalue weighted by Crippen LogP contribution is 2.24. The van der Waals surface area contributed by atoms with Crippen molar-refractivity contribution < 1.29 is 28.7 Å². The van der Waals surface area contributed by atoms with Crippen LogP contribution in [-0.4, -0.2) is 48.0 Å². The number of nitrogens with zero attached hydrogens (tertiary/aromatic N) is 2. The van der Waals surface area contributed by atoms with E-state index in [-0.39, 0.29) is 26.1 Å². The number of benzene rings is 1. The van der Waals surface area contributed by atoms with Gasteiger partial charge in [0.2, 0.25) is 22.9 Å². The number of amides is 2. The van der Waals surface area contributed by atoms with E-state index in [1.54, 1.807) is 38.1 Å². The van der Waals surface area contributed by atoms with Gasteiger partial charge in [0.15, 0.2) is 0 Å². The van der Waals surface area contributed by atoms with Crippen molar-refractivity contribution in [1.82, 2.24) is 10.6 Å². The molecule has 0 saturated carbocycles. The summed E-state index contributed by atoms with van der Waals surface area (Å²) < 4.78 is 9.99.